The number of aryl methyl sites for hydroxylation is 1. The van der Waals surface area contributed by atoms with E-state index < -0.39 is 0 Å². The first kappa shape index (κ1) is 14.6. The van der Waals surface area contributed by atoms with E-state index in [1.165, 1.54) is 10.5 Å². The molecule has 0 aliphatic rings. The van der Waals surface area contributed by atoms with E-state index in [4.69, 9.17) is 4.74 Å². The SMILES string of the molecule is CNC(COC(C)C)CSc1ccc(C)cc1. The van der Waals surface area contributed by atoms with Crippen molar-refractivity contribution in [3.8, 4) is 0 Å². The Bertz CT molecular complexity index is 311. The third-order valence-electron chi connectivity index (χ3n) is 2.51. The first-order valence-corrected chi connectivity index (χ1v) is 7.08. The van der Waals surface area contributed by atoms with Gasteiger partial charge in [-0.25, -0.2) is 0 Å². The van der Waals surface area contributed by atoms with Crippen LogP contribution in [0.1, 0.15) is 19.4 Å². The van der Waals surface area contributed by atoms with Crippen LogP contribution in [0.4, 0.5) is 0 Å². The van der Waals surface area contributed by atoms with Crippen LogP contribution in [-0.4, -0.2) is 31.6 Å². The van der Waals surface area contributed by atoms with Gasteiger partial charge in [0.2, 0.25) is 0 Å². The Morgan fingerprint density at radius 3 is 2.41 bits per heavy atom. The smallest absolute Gasteiger partial charge is 0.0631 e. The van der Waals surface area contributed by atoms with Crippen LogP contribution < -0.4 is 5.32 Å². The number of ether oxygens (including phenoxy) is 1. The Morgan fingerprint density at radius 2 is 1.88 bits per heavy atom. The van der Waals surface area contributed by atoms with Crippen LogP contribution >= 0.6 is 11.8 Å². The lowest BCUT2D eigenvalue weighted by molar-refractivity contribution is 0.0668. The molecule has 1 atom stereocenters. The molecule has 0 amide bonds. The summed E-state index contributed by atoms with van der Waals surface area (Å²) in [5.74, 6) is 1.03. The zero-order valence-corrected chi connectivity index (χ0v) is 12.0. The van der Waals surface area contributed by atoms with Crippen LogP contribution in [0.5, 0.6) is 0 Å². The van der Waals surface area contributed by atoms with Gasteiger partial charge < -0.3 is 10.1 Å². The molecule has 96 valence electrons. The Morgan fingerprint density at radius 1 is 1.24 bits per heavy atom. The standard InChI is InChI=1S/C14H23NOS/c1-11(2)16-9-13(15-4)10-17-14-7-5-12(3)6-8-14/h5-8,11,13,15H,9-10H2,1-4H3. The Hall–Kier alpha value is -0.510. The van der Waals surface area contributed by atoms with Gasteiger partial charge in [0, 0.05) is 16.7 Å². The van der Waals surface area contributed by atoms with Crippen molar-refractivity contribution in [3.05, 3.63) is 29.8 Å². The topological polar surface area (TPSA) is 21.3 Å². The fraction of sp³-hybridized carbons (Fsp3) is 0.571. The number of likely N-dealkylation sites (N-methyl/N-ethyl adjacent to an activating group) is 1. The average molecular weight is 253 g/mol. The lowest BCUT2D eigenvalue weighted by Crippen LogP contribution is -2.33. The number of benzene rings is 1. The van der Waals surface area contributed by atoms with Gasteiger partial charge in [0.15, 0.2) is 0 Å². The fourth-order valence-corrected chi connectivity index (χ4v) is 2.34. The molecule has 0 saturated heterocycles. The highest BCUT2D eigenvalue weighted by atomic mass is 32.2. The molecule has 0 aliphatic heterocycles. The zero-order valence-electron chi connectivity index (χ0n) is 11.2. The van der Waals surface area contributed by atoms with Gasteiger partial charge in [0.25, 0.3) is 0 Å². The lowest BCUT2D eigenvalue weighted by Gasteiger charge is -2.17. The van der Waals surface area contributed by atoms with Crippen molar-refractivity contribution in [2.45, 2.75) is 37.8 Å². The molecule has 0 radical (unpaired) electrons. The second-order valence-electron chi connectivity index (χ2n) is 4.49. The fourth-order valence-electron chi connectivity index (χ4n) is 1.35. The monoisotopic (exact) mass is 253 g/mol. The molecule has 0 spiro atoms. The quantitative estimate of drug-likeness (QED) is 0.755. The second-order valence-corrected chi connectivity index (χ2v) is 5.59. The number of rotatable bonds is 7. The summed E-state index contributed by atoms with van der Waals surface area (Å²) in [5, 5.41) is 3.29. The largest absolute Gasteiger partial charge is 0.377 e. The van der Waals surface area contributed by atoms with Crippen molar-refractivity contribution in [2.24, 2.45) is 0 Å². The molecule has 0 aliphatic carbocycles. The molecule has 0 bridgehead atoms. The van der Waals surface area contributed by atoms with Crippen molar-refractivity contribution in [3.63, 3.8) is 0 Å². The van der Waals surface area contributed by atoms with Gasteiger partial charge in [-0.1, -0.05) is 17.7 Å². The van der Waals surface area contributed by atoms with Gasteiger partial charge >= 0.3 is 0 Å². The molecule has 17 heavy (non-hydrogen) atoms. The summed E-state index contributed by atoms with van der Waals surface area (Å²) in [6.07, 6.45) is 0.301. The minimum absolute atomic E-state index is 0.301. The van der Waals surface area contributed by atoms with E-state index in [2.05, 4.69) is 50.4 Å². The summed E-state index contributed by atoms with van der Waals surface area (Å²) >= 11 is 1.87. The molecule has 1 aromatic carbocycles. The van der Waals surface area contributed by atoms with E-state index in [-0.39, 0.29) is 0 Å². The molecule has 2 nitrogen and oxygen atoms in total. The molecular formula is C14H23NOS. The number of hydrogen-bond donors (Lipinski definition) is 1. The highest BCUT2D eigenvalue weighted by Crippen LogP contribution is 2.19. The molecule has 0 saturated carbocycles. The summed E-state index contributed by atoms with van der Waals surface area (Å²) in [5.41, 5.74) is 1.31. The zero-order chi connectivity index (χ0) is 12.7. The number of hydrogen-bond acceptors (Lipinski definition) is 3. The Kier molecular flexibility index (Phi) is 6.63. The van der Waals surface area contributed by atoms with Crippen LogP contribution in [0.25, 0.3) is 0 Å². The van der Waals surface area contributed by atoms with Crippen LogP contribution in [0, 0.1) is 6.92 Å². The second kappa shape index (κ2) is 7.75. The molecule has 0 aromatic heterocycles. The van der Waals surface area contributed by atoms with Gasteiger partial charge in [-0.05, 0) is 40.0 Å². The van der Waals surface area contributed by atoms with E-state index >= 15 is 0 Å². The van der Waals surface area contributed by atoms with Gasteiger partial charge in [0.1, 0.15) is 0 Å². The summed E-state index contributed by atoms with van der Waals surface area (Å²) in [6.45, 7) is 7.02. The van der Waals surface area contributed by atoms with Gasteiger partial charge in [-0.15, -0.1) is 11.8 Å². The predicted molar refractivity (Wildman–Crippen MR) is 75.8 cm³/mol. The summed E-state index contributed by atoms with van der Waals surface area (Å²) in [4.78, 5) is 1.32. The number of thioether (sulfide) groups is 1. The van der Waals surface area contributed by atoms with Crippen molar-refractivity contribution >= 4 is 11.8 Å². The van der Waals surface area contributed by atoms with Crippen molar-refractivity contribution in [2.75, 3.05) is 19.4 Å². The summed E-state index contributed by atoms with van der Waals surface area (Å²) in [6, 6.07) is 9.07. The van der Waals surface area contributed by atoms with Gasteiger partial charge in [-0.2, -0.15) is 0 Å². The van der Waals surface area contributed by atoms with Crippen LogP contribution in [0.15, 0.2) is 29.2 Å². The first-order valence-electron chi connectivity index (χ1n) is 6.10. The Balaban J connectivity index is 2.34. The van der Waals surface area contributed by atoms with Crippen molar-refractivity contribution in [1.82, 2.24) is 5.32 Å². The highest BCUT2D eigenvalue weighted by Gasteiger charge is 2.08. The average Bonchev–Trinajstić information content (AvgIpc) is 2.31. The summed E-state index contributed by atoms with van der Waals surface area (Å²) < 4.78 is 5.63. The van der Waals surface area contributed by atoms with Gasteiger partial charge in [0.05, 0.1) is 12.7 Å². The van der Waals surface area contributed by atoms with Crippen molar-refractivity contribution < 1.29 is 4.74 Å². The summed E-state index contributed by atoms with van der Waals surface area (Å²) in [7, 11) is 1.99. The molecule has 1 rings (SSSR count). The van der Waals surface area contributed by atoms with Crippen LogP contribution in [0.3, 0.4) is 0 Å². The highest BCUT2D eigenvalue weighted by molar-refractivity contribution is 7.99. The maximum Gasteiger partial charge on any atom is 0.0631 e. The Labute approximate surface area is 109 Å². The first-order chi connectivity index (χ1) is 8.11. The van der Waals surface area contributed by atoms with Crippen molar-refractivity contribution in [1.29, 1.82) is 0 Å². The molecule has 1 unspecified atom stereocenters. The van der Waals surface area contributed by atoms with Crippen LogP contribution in [0.2, 0.25) is 0 Å². The molecule has 0 fully saturated rings. The maximum atomic E-state index is 5.63. The van der Waals surface area contributed by atoms with E-state index in [1.54, 1.807) is 0 Å². The third-order valence-corrected chi connectivity index (χ3v) is 3.69. The van der Waals surface area contributed by atoms with E-state index in [1.807, 2.05) is 18.8 Å². The molecular weight excluding hydrogens is 230 g/mol. The molecule has 3 heteroatoms. The number of nitrogens with one attached hydrogen (secondary N) is 1. The molecule has 0 heterocycles. The predicted octanol–water partition coefficient (Wildman–Crippen LogP) is 3.10. The lowest BCUT2D eigenvalue weighted by atomic mass is 10.2. The van der Waals surface area contributed by atoms with Gasteiger partial charge in [-0.3, -0.25) is 0 Å². The minimum Gasteiger partial charge on any atom is -0.377 e. The van der Waals surface area contributed by atoms with E-state index in [0.717, 1.165) is 12.4 Å². The van der Waals surface area contributed by atoms with E-state index in [0.29, 0.717) is 12.1 Å². The normalized spacial score (nSPS) is 13.0. The molecule has 1 aromatic rings. The molecule has 1 N–H and O–H groups in total. The maximum absolute atomic E-state index is 5.63. The van der Waals surface area contributed by atoms with Crippen LogP contribution in [-0.2, 0) is 4.74 Å². The third kappa shape index (κ3) is 6.10. The van der Waals surface area contributed by atoms with E-state index in [9.17, 15) is 0 Å². The minimum atomic E-state index is 0.301.